The predicted molar refractivity (Wildman–Crippen MR) is 14.0 cm³/mol. The second-order valence-corrected chi connectivity index (χ2v) is 0.141. The molecule has 4 radical (unpaired) electrons. The highest BCUT2D eigenvalue weighted by atomic mass is 14.8. The molecule has 0 aliphatic carbocycles. The van der Waals surface area contributed by atoms with Crippen LogP contribution < -0.4 is 0 Å². The van der Waals surface area contributed by atoms with Crippen LogP contribution in [0.1, 0.15) is 0 Å². The maximum atomic E-state index is 7.08. The third kappa shape index (κ3) is 0.518. The molecule has 0 spiro atoms. The Bertz CT molecular complexity index is 25.0. The third-order valence-electron chi connectivity index (χ3n) is 0. The van der Waals surface area contributed by atoms with Gasteiger partial charge in [-0.05, 0) is 0 Å². The van der Waals surface area contributed by atoms with E-state index in [0.29, 0.717) is 0 Å². The second-order valence-electron chi connectivity index (χ2n) is 0.141. The van der Waals surface area contributed by atoms with Gasteiger partial charge in [-0.15, -0.1) is 0 Å². The van der Waals surface area contributed by atoms with Crippen LogP contribution in [0.15, 0.2) is 0 Å². The summed E-state index contributed by atoms with van der Waals surface area (Å²) in [5.74, 6) is 0. The first-order valence-electron chi connectivity index (χ1n) is 0.516. The van der Waals surface area contributed by atoms with E-state index in [4.69, 9.17) is 5.53 Å². The van der Waals surface area contributed by atoms with Gasteiger partial charge in [-0.1, -0.05) is 0 Å². The molecule has 2 heteroatoms. The molecule has 0 atom stereocenters. The average Bonchev–Trinajstić information content (AvgIpc) is 0.918. The minimum atomic E-state index is 0. The van der Waals surface area contributed by atoms with Crippen LogP contribution >= 0.6 is 0 Å². The molecule has 0 aliphatic heterocycles. The fourth-order valence-corrected chi connectivity index (χ4v) is 0. The molecule has 0 fully saturated rings. The molecule has 4 heavy (non-hydrogen) atoms. The van der Waals surface area contributed by atoms with Crippen molar-refractivity contribution < 1.29 is 4.79 Å². The fourth-order valence-electron chi connectivity index (χ4n) is 0. The first kappa shape index (κ1) is 10.1. The average molecular weight is 54.1 g/mol. The largest absolute Gasteiger partial charge is 0.362 e. The Balaban J connectivity index is 0. The molecule has 0 unspecified atom stereocenters. The zero-order valence-electron chi connectivity index (χ0n) is 2.10. The van der Waals surface area contributed by atoms with Crippen molar-refractivity contribution >= 4 is 6.72 Å². The molecule has 0 bridgehead atoms. The van der Waals surface area contributed by atoms with Gasteiger partial charge < -0.3 is 5.53 Å². The summed E-state index contributed by atoms with van der Waals surface area (Å²) < 4.78 is 0. The second kappa shape index (κ2) is 31.4. The Morgan fingerprint density at radius 2 is 1.75 bits per heavy atom. The molecule has 0 aromatic rings. The smallest absolute Gasteiger partial charge is 0.245 e. The van der Waals surface area contributed by atoms with Gasteiger partial charge in [-0.2, -0.15) is 4.79 Å². The molecule has 0 aliphatic rings. The van der Waals surface area contributed by atoms with E-state index in [1.807, 2.05) is 0 Å². The third-order valence-corrected chi connectivity index (χ3v) is 0. The van der Waals surface area contributed by atoms with Crippen molar-refractivity contribution in [1.29, 1.82) is 0 Å². The molecular formula is C2H2N2. The van der Waals surface area contributed by atoms with Gasteiger partial charge in [0.2, 0.25) is 6.72 Å². The van der Waals surface area contributed by atoms with Crippen molar-refractivity contribution in [2.75, 3.05) is 0 Å². The molecule has 20 valence electrons. The van der Waals surface area contributed by atoms with Crippen molar-refractivity contribution in [2.24, 2.45) is 0 Å². The number of hydrogen-bond donors (Lipinski definition) is 0. The Labute approximate surface area is 25.7 Å². The van der Waals surface area contributed by atoms with Crippen LogP contribution in [0.2, 0.25) is 0 Å². The van der Waals surface area contributed by atoms with Crippen molar-refractivity contribution in [3.8, 4) is 0 Å². The van der Waals surface area contributed by atoms with Crippen molar-refractivity contribution in [3.05, 3.63) is 13.0 Å². The Morgan fingerprint density at radius 3 is 1.75 bits per heavy atom. The summed E-state index contributed by atoms with van der Waals surface area (Å²) in [6.07, 6.45) is 0. The molecule has 0 rings (SSSR count). The lowest BCUT2D eigenvalue weighted by Gasteiger charge is -1.16. The van der Waals surface area contributed by atoms with Crippen molar-refractivity contribution in [3.63, 3.8) is 0 Å². The SMILES string of the molecule is C=[N+]=[N-].[C]. The van der Waals surface area contributed by atoms with Gasteiger partial charge in [-0.3, -0.25) is 0 Å². The first-order chi connectivity index (χ1) is 1.41. The lowest BCUT2D eigenvalue weighted by Crippen LogP contribution is -1.21. The monoisotopic (exact) mass is 54.0 g/mol. The van der Waals surface area contributed by atoms with Gasteiger partial charge in [0.1, 0.15) is 0 Å². The highest BCUT2D eigenvalue weighted by Crippen LogP contribution is 0.902. The lowest BCUT2D eigenvalue weighted by molar-refractivity contribution is 0.0110. The number of nitrogens with zero attached hydrogens (tertiary/aromatic N) is 2. The molecular weight excluding hydrogens is 52.0 g/mol. The summed E-state index contributed by atoms with van der Waals surface area (Å²) in [6.45, 7) is 2.67. The van der Waals surface area contributed by atoms with E-state index in [0.717, 1.165) is 0 Å². The molecule has 0 heterocycles. The summed E-state index contributed by atoms with van der Waals surface area (Å²) in [4.78, 5) is 2.25. The Hall–Kier alpha value is -0.620. The van der Waals surface area contributed by atoms with Crippen LogP contribution in [0.25, 0.3) is 5.53 Å². The summed E-state index contributed by atoms with van der Waals surface area (Å²) in [7, 11) is 0. The Kier molecular flexibility index (Phi) is 78.9. The summed E-state index contributed by atoms with van der Waals surface area (Å²) >= 11 is 0. The normalized spacial score (nSPS) is 2.00. The van der Waals surface area contributed by atoms with Crippen LogP contribution in [-0.4, -0.2) is 11.5 Å². The summed E-state index contributed by atoms with van der Waals surface area (Å²) in [6, 6.07) is 0. The zero-order chi connectivity index (χ0) is 2.71. The van der Waals surface area contributed by atoms with Crippen LogP contribution in [0.5, 0.6) is 0 Å². The van der Waals surface area contributed by atoms with E-state index in [2.05, 4.69) is 11.5 Å². The number of hydrogen-bond acceptors (Lipinski definition) is 0. The van der Waals surface area contributed by atoms with Gasteiger partial charge in [0.05, 0.1) is 0 Å². The summed E-state index contributed by atoms with van der Waals surface area (Å²) in [5, 5.41) is 0. The molecule has 0 amide bonds. The van der Waals surface area contributed by atoms with Crippen molar-refractivity contribution in [2.45, 2.75) is 0 Å². The van der Waals surface area contributed by atoms with E-state index < -0.39 is 0 Å². The fraction of sp³-hybridized carbons (Fsp3) is 0. The maximum absolute atomic E-state index is 7.08. The zero-order valence-corrected chi connectivity index (χ0v) is 2.10. The predicted octanol–water partition coefficient (Wildman–Crippen LogP) is -0.00191. The topological polar surface area (TPSA) is 36.4 Å². The van der Waals surface area contributed by atoms with Crippen LogP contribution in [0.4, 0.5) is 0 Å². The van der Waals surface area contributed by atoms with E-state index in [9.17, 15) is 0 Å². The molecule has 0 saturated heterocycles. The van der Waals surface area contributed by atoms with E-state index in [-0.39, 0.29) is 7.43 Å². The van der Waals surface area contributed by atoms with E-state index >= 15 is 0 Å². The molecule has 0 saturated carbocycles. The standard InChI is InChI=1S/CH2N2.C/c1-3-2;/h1H2;. The maximum Gasteiger partial charge on any atom is 0.245 e. The van der Waals surface area contributed by atoms with Gasteiger partial charge in [0, 0.05) is 7.43 Å². The van der Waals surface area contributed by atoms with Gasteiger partial charge in [-0.25, -0.2) is 0 Å². The Morgan fingerprint density at radius 1 is 1.75 bits per heavy atom. The summed E-state index contributed by atoms with van der Waals surface area (Å²) in [5.41, 5.74) is 7.08. The molecule has 0 aromatic heterocycles. The van der Waals surface area contributed by atoms with Gasteiger partial charge >= 0.3 is 0 Å². The van der Waals surface area contributed by atoms with Crippen LogP contribution in [0, 0.1) is 7.43 Å². The highest BCUT2D eigenvalue weighted by molar-refractivity contribution is 5.12. The van der Waals surface area contributed by atoms with E-state index in [1.54, 1.807) is 0 Å². The molecule has 2 nitrogen and oxygen atoms in total. The van der Waals surface area contributed by atoms with E-state index in [1.165, 1.54) is 0 Å². The first-order valence-corrected chi connectivity index (χ1v) is 0.516. The van der Waals surface area contributed by atoms with Crippen LogP contribution in [-0.2, 0) is 0 Å². The minimum Gasteiger partial charge on any atom is -0.362 e. The highest BCUT2D eigenvalue weighted by Gasteiger charge is 0.932. The molecule has 0 N–H and O–H groups in total. The minimum absolute atomic E-state index is 0. The van der Waals surface area contributed by atoms with Gasteiger partial charge in [0.25, 0.3) is 0 Å². The molecule has 0 aromatic carbocycles. The number of rotatable bonds is 0. The van der Waals surface area contributed by atoms with Crippen LogP contribution in [0.3, 0.4) is 0 Å². The lowest BCUT2D eigenvalue weighted by atomic mass is 11.8. The van der Waals surface area contributed by atoms with Gasteiger partial charge in [0.15, 0.2) is 0 Å². The quantitative estimate of drug-likeness (QED) is 0.212. The van der Waals surface area contributed by atoms with Crippen molar-refractivity contribution in [1.82, 2.24) is 0 Å².